The summed E-state index contributed by atoms with van der Waals surface area (Å²) in [6.45, 7) is 6.85. The van der Waals surface area contributed by atoms with Crippen LogP contribution >= 0.6 is 0 Å². The first-order valence-electron chi connectivity index (χ1n) is 12.9. The van der Waals surface area contributed by atoms with Crippen molar-refractivity contribution >= 4 is 5.91 Å². The molecule has 0 saturated carbocycles. The first kappa shape index (κ1) is 29.1. The third kappa shape index (κ3) is 15.9. The fraction of sp³-hybridized carbons (Fsp3) is 0.885. The van der Waals surface area contributed by atoms with Gasteiger partial charge in [-0.15, -0.1) is 0 Å². The first-order valence-corrected chi connectivity index (χ1v) is 12.9. The van der Waals surface area contributed by atoms with E-state index in [9.17, 15) is 4.79 Å². The zero-order valence-corrected chi connectivity index (χ0v) is 20.4. The van der Waals surface area contributed by atoms with Gasteiger partial charge in [-0.3, -0.25) is 4.79 Å². The van der Waals surface area contributed by atoms with E-state index < -0.39 is 11.7 Å². The van der Waals surface area contributed by atoms with Crippen LogP contribution in [0.2, 0.25) is 0 Å². The number of ether oxygens (including phenoxy) is 2. The minimum atomic E-state index is -1.23. The Labute approximate surface area is 187 Å². The van der Waals surface area contributed by atoms with Crippen molar-refractivity contribution in [2.24, 2.45) is 5.73 Å². The van der Waals surface area contributed by atoms with Crippen LogP contribution in [-0.4, -0.2) is 24.9 Å². The summed E-state index contributed by atoms with van der Waals surface area (Å²) in [5.41, 5.74) is 5.53. The summed E-state index contributed by atoms with van der Waals surface area (Å²) in [6, 6.07) is 0. The molecule has 30 heavy (non-hydrogen) atoms. The molecule has 0 unspecified atom stereocenters. The summed E-state index contributed by atoms with van der Waals surface area (Å²) in [7, 11) is 0. The van der Waals surface area contributed by atoms with Gasteiger partial charge in [-0.1, -0.05) is 89.7 Å². The molecule has 0 radical (unpaired) electrons. The van der Waals surface area contributed by atoms with Gasteiger partial charge in [0, 0.05) is 19.6 Å². The average Bonchev–Trinajstić information content (AvgIpc) is 2.73. The maximum absolute atomic E-state index is 11.8. The number of unbranched alkanes of at least 4 members (excludes halogenated alkanes) is 14. The van der Waals surface area contributed by atoms with Gasteiger partial charge < -0.3 is 15.2 Å². The van der Waals surface area contributed by atoms with E-state index in [1.165, 1.54) is 89.9 Å². The number of nitrogens with two attached hydrogens (primary N) is 1. The number of primary amides is 1. The second kappa shape index (κ2) is 21.4. The summed E-state index contributed by atoms with van der Waals surface area (Å²) < 4.78 is 11.1. The van der Waals surface area contributed by atoms with Gasteiger partial charge in [0.25, 0.3) is 5.91 Å². The maximum Gasteiger partial charge on any atom is 0.277 e. The number of hydrogen-bond donors (Lipinski definition) is 1. The number of amides is 1. The zero-order chi connectivity index (χ0) is 22.3. The van der Waals surface area contributed by atoms with E-state index >= 15 is 0 Å². The highest BCUT2D eigenvalue weighted by molar-refractivity contribution is 5.81. The molecule has 0 aromatic carbocycles. The average molecular weight is 426 g/mol. The molecule has 0 atom stereocenters. The highest BCUT2D eigenvalue weighted by Crippen LogP contribution is 2.22. The molecule has 0 aromatic rings. The van der Waals surface area contributed by atoms with Crippen LogP contribution in [0.5, 0.6) is 0 Å². The molecule has 2 N–H and O–H groups in total. The van der Waals surface area contributed by atoms with Crippen molar-refractivity contribution < 1.29 is 14.3 Å². The predicted octanol–water partition coefficient (Wildman–Crippen LogP) is 7.45. The largest absolute Gasteiger partial charge is 0.365 e. The van der Waals surface area contributed by atoms with Crippen LogP contribution in [0.15, 0.2) is 12.2 Å². The Morgan fingerprint density at radius 3 is 1.47 bits per heavy atom. The van der Waals surface area contributed by atoms with Gasteiger partial charge in [0.2, 0.25) is 5.79 Å². The minimum Gasteiger partial charge on any atom is -0.365 e. The van der Waals surface area contributed by atoms with Crippen molar-refractivity contribution in [2.45, 2.75) is 136 Å². The van der Waals surface area contributed by atoms with Crippen molar-refractivity contribution in [2.75, 3.05) is 13.2 Å². The van der Waals surface area contributed by atoms with Gasteiger partial charge in [-0.2, -0.15) is 0 Å². The molecule has 0 heterocycles. The van der Waals surface area contributed by atoms with Gasteiger partial charge in [-0.25, -0.2) is 0 Å². The van der Waals surface area contributed by atoms with E-state index in [0.717, 1.165) is 12.8 Å². The third-order valence-electron chi connectivity index (χ3n) is 5.65. The van der Waals surface area contributed by atoms with Crippen LogP contribution in [0.3, 0.4) is 0 Å². The predicted molar refractivity (Wildman–Crippen MR) is 128 cm³/mol. The molecular weight excluding hydrogens is 374 g/mol. The van der Waals surface area contributed by atoms with Gasteiger partial charge in [0.05, 0.1) is 0 Å². The summed E-state index contributed by atoms with van der Waals surface area (Å²) in [4.78, 5) is 11.8. The Balaban J connectivity index is 3.53. The summed E-state index contributed by atoms with van der Waals surface area (Å²) in [6.07, 6.45) is 25.9. The second-order valence-electron chi connectivity index (χ2n) is 8.38. The molecule has 1 amide bonds. The van der Waals surface area contributed by atoms with Gasteiger partial charge in [-0.05, 0) is 46.0 Å². The lowest BCUT2D eigenvalue weighted by molar-refractivity contribution is -0.228. The summed E-state index contributed by atoms with van der Waals surface area (Å²) >= 11 is 0. The summed E-state index contributed by atoms with van der Waals surface area (Å²) in [5.74, 6) is -1.74. The lowest BCUT2D eigenvalue weighted by Gasteiger charge is -2.29. The number of carbonyl (C=O) groups is 1. The van der Waals surface area contributed by atoms with Crippen LogP contribution < -0.4 is 5.73 Å². The Morgan fingerprint density at radius 2 is 1.07 bits per heavy atom. The fourth-order valence-electron chi connectivity index (χ4n) is 3.88. The number of carbonyl (C=O) groups excluding carboxylic acids is 1. The summed E-state index contributed by atoms with van der Waals surface area (Å²) in [5, 5.41) is 0. The van der Waals surface area contributed by atoms with Crippen molar-refractivity contribution in [1.82, 2.24) is 0 Å². The van der Waals surface area contributed by atoms with E-state index in [-0.39, 0.29) is 0 Å². The first-order chi connectivity index (χ1) is 14.6. The van der Waals surface area contributed by atoms with Crippen LogP contribution in [-0.2, 0) is 14.3 Å². The van der Waals surface area contributed by atoms with Crippen molar-refractivity contribution in [1.29, 1.82) is 0 Å². The molecule has 0 saturated heterocycles. The van der Waals surface area contributed by atoms with E-state index in [0.29, 0.717) is 19.6 Å². The fourth-order valence-corrected chi connectivity index (χ4v) is 3.88. The van der Waals surface area contributed by atoms with Crippen molar-refractivity contribution in [3.8, 4) is 0 Å². The van der Waals surface area contributed by atoms with Crippen LogP contribution in [0.4, 0.5) is 0 Å². The quantitative estimate of drug-likeness (QED) is 0.105. The third-order valence-corrected chi connectivity index (χ3v) is 5.65. The Morgan fingerprint density at radius 1 is 0.667 bits per heavy atom. The van der Waals surface area contributed by atoms with E-state index in [4.69, 9.17) is 15.2 Å². The normalized spacial score (nSPS) is 12.1. The molecule has 0 aliphatic carbocycles. The smallest absolute Gasteiger partial charge is 0.277 e. The topological polar surface area (TPSA) is 61.6 Å². The highest BCUT2D eigenvalue weighted by Gasteiger charge is 2.37. The second-order valence-corrected chi connectivity index (χ2v) is 8.38. The Bertz CT molecular complexity index is 403. The van der Waals surface area contributed by atoms with Gasteiger partial charge in [0.1, 0.15) is 0 Å². The number of hydrogen-bond acceptors (Lipinski definition) is 3. The molecule has 0 rings (SSSR count). The molecule has 4 heteroatoms. The lowest BCUT2D eigenvalue weighted by Crippen LogP contribution is -2.48. The molecule has 0 aliphatic rings. The van der Waals surface area contributed by atoms with E-state index in [1.54, 1.807) is 0 Å². The highest BCUT2D eigenvalue weighted by atomic mass is 16.7. The Hall–Kier alpha value is -0.870. The van der Waals surface area contributed by atoms with E-state index in [1.807, 2.05) is 13.8 Å². The number of rotatable bonds is 23. The SMILES string of the molecule is CCCCCCCC/C=C\CCCCCCCCCCC(OCC)(OCC)C(N)=O. The molecule has 0 bridgehead atoms. The molecule has 0 aliphatic heterocycles. The zero-order valence-electron chi connectivity index (χ0n) is 20.4. The molecule has 0 aromatic heterocycles. The van der Waals surface area contributed by atoms with Crippen molar-refractivity contribution in [3.63, 3.8) is 0 Å². The molecule has 4 nitrogen and oxygen atoms in total. The minimum absolute atomic E-state index is 0.428. The monoisotopic (exact) mass is 425 g/mol. The molecule has 178 valence electrons. The molecule has 0 spiro atoms. The number of allylic oxidation sites excluding steroid dienone is 2. The molecular formula is C26H51NO3. The van der Waals surface area contributed by atoms with Crippen LogP contribution in [0.1, 0.15) is 130 Å². The maximum atomic E-state index is 11.8. The van der Waals surface area contributed by atoms with Gasteiger partial charge >= 0.3 is 0 Å². The van der Waals surface area contributed by atoms with Gasteiger partial charge in [0.15, 0.2) is 0 Å². The van der Waals surface area contributed by atoms with Crippen LogP contribution in [0, 0.1) is 0 Å². The molecule has 0 fully saturated rings. The Kier molecular flexibility index (Phi) is 20.7. The standard InChI is InChI=1S/C26H51NO3/c1-4-7-8-9-10-11-12-13-14-15-16-17-18-19-20-21-22-23-24-26(25(27)28,29-5-2)30-6-3/h13-14H,4-12,15-24H2,1-3H3,(H2,27,28)/b14-13-. The van der Waals surface area contributed by atoms with Crippen LogP contribution in [0.25, 0.3) is 0 Å². The van der Waals surface area contributed by atoms with Crippen molar-refractivity contribution in [3.05, 3.63) is 12.2 Å². The lowest BCUT2D eigenvalue weighted by atomic mass is 10.0. The van der Waals surface area contributed by atoms with E-state index in [2.05, 4.69) is 19.1 Å².